The fraction of sp³-hybridized carbons (Fsp3) is 0.333. The number of ether oxygens (including phenoxy) is 1. The van der Waals surface area contributed by atoms with Crippen LogP contribution in [-0.4, -0.2) is 23.2 Å². The zero-order chi connectivity index (χ0) is 8.81. The molecule has 1 aromatic carbocycles. The van der Waals surface area contributed by atoms with E-state index in [1.807, 2.05) is 25.1 Å². The third-order valence-electron chi connectivity index (χ3n) is 1.66. The summed E-state index contributed by atoms with van der Waals surface area (Å²) in [5.41, 5.74) is 0. The molecular formula is C9H14O2Si. The van der Waals surface area contributed by atoms with Crippen LogP contribution < -0.4 is 5.19 Å². The van der Waals surface area contributed by atoms with Crippen molar-refractivity contribution in [3.63, 3.8) is 0 Å². The molecule has 0 aliphatic carbocycles. The molecular weight excluding hydrogens is 168 g/mol. The number of rotatable bonds is 4. The van der Waals surface area contributed by atoms with E-state index < -0.39 is 9.76 Å². The Bertz CT molecular complexity index is 213. The van der Waals surface area contributed by atoms with Crippen molar-refractivity contribution in [3.8, 4) is 0 Å². The van der Waals surface area contributed by atoms with E-state index in [0.29, 0.717) is 0 Å². The van der Waals surface area contributed by atoms with Crippen LogP contribution in [0, 0.1) is 0 Å². The standard InChI is InChI=1S/C9H14O2Si/c1-8(10-2)11-12-9-6-4-3-5-7-9/h3-8H,12H2,1-2H3. The molecule has 2 nitrogen and oxygen atoms in total. The molecule has 1 unspecified atom stereocenters. The van der Waals surface area contributed by atoms with Gasteiger partial charge in [0.05, 0.1) is 0 Å². The highest BCUT2D eigenvalue weighted by Gasteiger charge is 1.98. The molecule has 0 aliphatic heterocycles. The van der Waals surface area contributed by atoms with E-state index in [1.54, 1.807) is 7.11 Å². The topological polar surface area (TPSA) is 18.5 Å². The van der Waals surface area contributed by atoms with Gasteiger partial charge >= 0.3 is 0 Å². The van der Waals surface area contributed by atoms with Crippen LogP contribution in [0.2, 0.25) is 0 Å². The average Bonchev–Trinajstić information content (AvgIpc) is 2.16. The lowest BCUT2D eigenvalue weighted by molar-refractivity contribution is -0.0356. The Morgan fingerprint density at radius 2 is 1.92 bits per heavy atom. The molecule has 0 bridgehead atoms. The minimum Gasteiger partial charge on any atom is -0.394 e. The van der Waals surface area contributed by atoms with Crippen LogP contribution in [-0.2, 0) is 9.16 Å². The number of hydrogen-bond donors (Lipinski definition) is 0. The molecule has 1 aromatic rings. The van der Waals surface area contributed by atoms with Crippen molar-refractivity contribution in [3.05, 3.63) is 30.3 Å². The maximum absolute atomic E-state index is 5.49. The number of hydrogen-bond acceptors (Lipinski definition) is 2. The molecule has 66 valence electrons. The zero-order valence-electron chi connectivity index (χ0n) is 7.49. The minimum absolute atomic E-state index is 0.0723. The van der Waals surface area contributed by atoms with Crippen LogP contribution in [0.15, 0.2) is 30.3 Å². The highest BCUT2D eigenvalue weighted by atomic mass is 28.2. The van der Waals surface area contributed by atoms with Gasteiger partial charge in [0.25, 0.3) is 0 Å². The molecule has 0 amide bonds. The van der Waals surface area contributed by atoms with E-state index in [4.69, 9.17) is 9.16 Å². The lowest BCUT2D eigenvalue weighted by Crippen LogP contribution is -2.22. The van der Waals surface area contributed by atoms with Gasteiger partial charge in [-0.2, -0.15) is 0 Å². The molecule has 0 radical (unpaired) electrons. The van der Waals surface area contributed by atoms with Crippen LogP contribution in [0.4, 0.5) is 0 Å². The molecule has 0 heterocycles. The van der Waals surface area contributed by atoms with Crippen molar-refractivity contribution in [2.45, 2.75) is 13.2 Å². The fourth-order valence-corrected chi connectivity index (χ4v) is 1.88. The lowest BCUT2D eigenvalue weighted by Gasteiger charge is -2.10. The summed E-state index contributed by atoms with van der Waals surface area (Å²) in [6.45, 7) is 1.91. The highest BCUT2D eigenvalue weighted by Crippen LogP contribution is 1.89. The van der Waals surface area contributed by atoms with E-state index in [9.17, 15) is 0 Å². The summed E-state index contributed by atoms with van der Waals surface area (Å²) in [6, 6.07) is 10.3. The van der Waals surface area contributed by atoms with Crippen molar-refractivity contribution in [1.82, 2.24) is 0 Å². The zero-order valence-corrected chi connectivity index (χ0v) is 8.90. The molecule has 3 heteroatoms. The van der Waals surface area contributed by atoms with Gasteiger partial charge in [-0.3, -0.25) is 0 Å². The molecule has 1 atom stereocenters. The summed E-state index contributed by atoms with van der Waals surface area (Å²) in [5.74, 6) is 0. The van der Waals surface area contributed by atoms with Crippen molar-refractivity contribution in [2.75, 3.05) is 7.11 Å². The summed E-state index contributed by atoms with van der Waals surface area (Å²) < 4.78 is 10.5. The third kappa shape index (κ3) is 3.17. The quantitative estimate of drug-likeness (QED) is 0.496. The Morgan fingerprint density at radius 3 is 2.50 bits per heavy atom. The van der Waals surface area contributed by atoms with Crippen molar-refractivity contribution in [1.29, 1.82) is 0 Å². The Morgan fingerprint density at radius 1 is 1.25 bits per heavy atom. The van der Waals surface area contributed by atoms with Crippen molar-refractivity contribution >= 4 is 14.9 Å². The fourth-order valence-electron chi connectivity index (χ4n) is 0.856. The minimum atomic E-state index is -0.595. The third-order valence-corrected chi connectivity index (χ3v) is 3.10. The summed E-state index contributed by atoms with van der Waals surface area (Å²) in [6.07, 6.45) is -0.0723. The molecule has 1 rings (SSSR count). The first-order valence-electron chi connectivity index (χ1n) is 4.01. The smallest absolute Gasteiger partial charge is 0.195 e. The van der Waals surface area contributed by atoms with Crippen molar-refractivity contribution < 1.29 is 9.16 Å². The molecule has 0 aromatic heterocycles. The Labute approximate surface area is 75.5 Å². The van der Waals surface area contributed by atoms with Crippen LogP contribution in [0.25, 0.3) is 0 Å². The monoisotopic (exact) mass is 182 g/mol. The second kappa shape index (κ2) is 5.08. The number of methoxy groups -OCH3 is 1. The average molecular weight is 182 g/mol. The largest absolute Gasteiger partial charge is 0.394 e. The normalized spacial score (nSPS) is 13.8. The van der Waals surface area contributed by atoms with Gasteiger partial charge in [-0.25, -0.2) is 0 Å². The number of benzene rings is 1. The van der Waals surface area contributed by atoms with E-state index in [1.165, 1.54) is 5.19 Å². The molecule has 0 spiro atoms. The molecule has 0 aliphatic rings. The van der Waals surface area contributed by atoms with Crippen molar-refractivity contribution in [2.24, 2.45) is 0 Å². The molecule has 0 saturated heterocycles. The van der Waals surface area contributed by atoms with Gasteiger partial charge < -0.3 is 9.16 Å². The SMILES string of the molecule is COC(C)O[SiH2]c1ccccc1. The predicted molar refractivity (Wildman–Crippen MR) is 52.2 cm³/mol. The highest BCUT2D eigenvalue weighted by molar-refractivity contribution is 6.46. The van der Waals surface area contributed by atoms with Crippen LogP contribution in [0.1, 0.15) is 6.92 Å². The van der Waals surface area contributed by atoms with Crippen LogP contribution >= 0.6 is 0 Å². The van der Waals surface area contributed by atoms with Gasteiger partial charge in [0.2, 0.25) is 0 Å². The molecule has 0 saturated carbocycles. The van der Waals surface area contributed by atoms with Gasteiger partial charge in [0.1, 0.15) is 6.29 Å². The van der Waals surface area contributed by atoms with Crippen LogP contribution in [0.3, 0.4) is 0 Å². The van der Waals surface area contributed by atoms with E-state index >= 15 is 0 Å². The van der Waals surface area contributed by atoms with Gasteiger partial charge in [-0.15, -0.1) is 0 Å². The van der Waals surface area contributed by atoms with E-state index in [0.717, 1.165) is 0 Å². The first-order valence-corrected chi connectivity index (χ1v) is 5.29. The Kier molecular flexibility index (Phi) is 4.00. The summed E-state index contributed by atoms with van der Waals surface area (Å²) >= 11 is 0. The van der Waals surface area contributed by atoms with Gasteiger partial charge in [-0.05, 0) is 12.1 Å². The molecule has 0 N–H and O–H groups in total. The van der Waals surface area contributed by atoms with E-state index in [2.05, 4.69) is 12.1 Å². The summed E-state index contributed by atoms with van der Waals surface area (Å²) in [5, 5.41) is 1.31. The summed E-state index contributed by atoms with van der Waals surface area (Å²) in [4.78, 5) is 0. The van der Waals surface area contributed by atoms with Gasteiger partial charge in [-0.1, -0.05) is 30.3 Å². The van der Waals surface area contributed by atoms with Gasteiger partial charge in [0.15, 0.2) is 9.76 Å². The first-order chi connectivity index (χ1) is 5.83. The second-order valence-corrected chi connectivity index (χ2v) is 4.04. The molecule has 0 fully saturated rings. The van der Waals surface area contributed by atoms with Gasteiger partial charge in [0, 0.05) is 7.11 Å². The maximum Gasteiger partial charge on any atom is 0.195 e. The Balaban J connectivity index is 2.33. The maximum atomic E-state index is 5.49. The van der Waals surface area contributed by atoms with Crippen LogP contribution in [0.5, 0.6) is 0 Å². The second-order valence-electron chi connectivity index (χ2n) is 2.60. The predicted octanol–water partition coefficient (Wildman–Crippen LogP) is 0.405. The first kappa shape index (κ1) is 9.44. The van der Waals surface area contributed by atoms with E-state index in [-0.39, 0.29) is 6.29 Å². The molecule has 12 heavy (non-hydrogen) atoms. The lowest BCUT2D eigenvalue weighted by atomic mass is 10.4. The summed E-state index contributed by atoms with van der Waals surface area (Å²) in [7, 11) is 1.06. The Hall–Kier alpha value is -0.643.